The van der Waals surface area contributed by atoms with E-state index in [1.54, 1.807) is 43.5 Å². The van der Waals surface area contributed by atoms with Crippen molar-refractivity contribution in [3.63, 3.8) is 0 Å². The van der Waals surface area contributed by atoms with Crippen molar-refractivity contribution in [3.8, 4) is 22.8 Å². The molecule has 134 valence electrons. The summed E-state index contributed by atoms with van der Waals surface area (Å²) in [5, 5.41) is 7.42. The van der Waals surface area contributed by atoms with Crippen LogP contribution in [0.1, 0.15) is 16.1 Å². The van der Waals surface area contributed by atoms with Gasteiger partial charge in [0.1, 0.15) is 17.2 Å². The number of aromatic nitrogens is 1. The molecule has 0 aliphatic rings. The molecule has 0 saturated heterocycles. The number of hydrogen-bond acceptors (Lipinski definition) is 5. The van der Waals surface area contributed by atoms with Gasteiger partial charge < -0.3 is 19.3 Å². The molecule has 3 aromatic rings. The molecule has 0 aliphatic heterocycles. The normalized spacial score (nSPS) is 10.4. The summed E-state index contributed by atoms with van der Waals surface area (Å²) in [4.78, 5) is 12.4. The Kier molecular flexibility index (Phi) is 5.43. The zero-order valence-corrected chi connectivity index (χ0v) is 15.0. The molecule has 0 atom stereocenters. The molecule has 26 heavy (non-hydrogen) atoms. The van der Waals surface area contributed by atoms with E-state index in [1.807, 2.05) is 12.1 Å². The average Bonchev–Trinajstić information content (AvgIpc) is 3.15. The molecule has 6 nitrogen and oxygen atoms in total. The molecule has 2 aromatic carbocycles. The highest BCUT2D eigenvalue weighted by Gasteiger charge is 2.14. The van der Waals surface area contributed by atoms with Gasteiger partial charge in [-0.1, -0.05) is 16.8 Å². The number of halogens is 1. The van der Waals surface area contributed by atoms with Gasteiger partial charge in [0.05, 0.1) is 26.3 Å². The second kappa shape index (κ2) is 7.93. The molecule has 0 radical (unpaired) electrons. The zero-order chi connectivity index (χ0) is 18.5. The number of carbonyl (C=O) groups is 1. The molecular formula is C19H17ClN2O4. The van der Waals surface area contributed by atoms with E-state index in [2.05, 4.69) is 10.5 Å². The van der Waals surface area contributed by atoms with Crippen LogP contribution in [0.15, 0.2) is 53.1 Å². The lowest BCUT2D eigenvalue weighted by Crippen LogP contribution is -2.23. The van der Waals surface area contributed by atoms with Gasteiger partial charge >= 0.3 is 0 Å². The third-order valence-electron chi connectivity index (χ3n) is 3.77. The first-order valence-corrected chi connectivity index (χ1v) is 8.20. The topological polar surface area (TPSA) is 73.6 Å². The Balaban J connectivity index is 1.68. The van der Waals surface area contributed by atoms with E-state index in [9.17, 15) is 4.79 Å². The highest BCUT2D eigenvalue weighted by atomic mass is 35.5. The molecule has 0 spiro atoms. The summed E-state index contributed by atoms with van der Waals surface area (Å²) in [5.74, 6) is 1.37. The summed E-state index contributed by atoms with van der Waals surface area (Å²) in [6.07, 6.45) is 0. The van der Waals surface area contributed by atoms with Gasteiger partial charge in [-0.2, -0.15) is 0 Å². The highest BCUT2D eigenvalue weighted by Crippen LogP contribution is 2.25. The molecule has 7 heteroatoms. The minimum atomic E-state index is -0.277. The maximum Gasteiger partial charge on any atom is 0.255 e. The van der Waals surface area contributed by atoms with Crippen LogP contribution in [0.25, 0.3) is 11.3 Å². The van der Waals surface area contributed by atoms with Gasteiger partial charge in [-0.05, 0) is 36.4 Å². The molecule has 0 unspecified atom stereocenters. The Morgan fingerprint density at radius 1 is 1.12 bits per heavy atom. The molecule has 0 fully saturated rings. The fourth-order valence-electron chi connectivity index (χ4n) is 2.40. The number of hydrogen-bond donors (Lipinski definition) is 1. The monoisotopic (exact) mass is 372 g/mol. The second-order valence-electron chi connectivity index (χ2n) is 5.44. The van der Waals surface area contributed by atoms with Gasteiger partial charge in [0, 0.05) is 22.7 Å². The Bertz CT molecular complexity index is 906. The zero-order valence-electron chi connectivity index (χ0n) is 14.3. The molecule has 1 aromatic heterocycles. The van der Waals surface area contributed by atoms with Crippen LogP contribution in [0.2, 0.25) is 5.02 Å². The molecule has 1 heterocycles. The molecule has 0 bridgehead atoms. The summed E-state index contributed by atoms with van der Waals surface area (Å²) in [5.41, 5.74) is 1.88. The predicted octanol–water partition coefficient (Wildman–Crippen LogP) is 3.94. The summed E-state index contributed by atoms with van der Waals surface area (Å²) in [7, 11) is 3.05. The van der Waals surface area contributed by atoms with E-state index in [4.69, 9.17) is 25.6 Å². The fraction of sp³-hybridized carbons (Fsp3) is 0.158. The maximum atomic E-state index is 12.4. The lowest BCUT2D eigenvalue weighted by Gasteiger charge is -2.10. The average molecular weight is 373 g/mol. The predicted molar refractivity (Wildman–Crippen MR) is 97.7 cm³/mol. The quantitative estimate of drug-likeness (QED) is 0.709. The van der Waals surface area contributed by atoms with Crippen molar-refractivity contribution in [2.45, 2.75) is 6.54 Å². The smallest absolute Gasteiger partial charge is 0.255 e. The summed E-state index contributed by atoms with van der Waals surface area (Å²) in [6.45, 7) is 0.227. The molecule has 0 saturated carbocycles. The van der Waals surface area contributed by atoms with Crippen LogP contribution in [-0.2, 0) is 6.54 Å². The highest BCUT2D eigenvalue weighted by molar-refractivity contribution is 6.30. The number of ether oxygens (including phenoxy) is 2. The second-order valence-corrected chi connectivity index (χ2v) is 5.87. The lowest BCUT2D eigenvalue weighted by molar-refractivity contribution is 0.0947. The number of methoxy groups -OCH3 is 2. The Morgan fingerprint density at radius 2 is 1.88 bits per heavy atom. The number of nitrogens with one attached hydrogen (secondary N) is 1. The van der Waals surface area contributed by atoms with Crippen molar-refractivity contribution in [3.05, 3.63) is 64.8 Å². The molecule has 1 N–H and O–H groups in total. The number of rotatable bonds is 6. The molecule has 3 rings (SSSR count). The number of benzene rings is 2. The first-order chi connectivity index (χ1) is 12.6. The Hall–Kier alpha value is -2.99. The van der Waals surface area contributed by atoms with E-state index < -0.39 is 0 Å². The van der Waals surface area contributed by atoms with Crippen LogP contribution < -0.4 is 14.8 Å². The van der Waals surface area contributed by atoms with Crippen LogP contribution in [0.4, 0.5) is 0 Å². The lowest BCUT2D eigenvalue weighted by atomic mass is 10.1. The van der Waals surface area contributed by atoms with Crippen molar-refractivity contribution >= 4 is 17.5 Å². The summed E-state index contributed by atoms with van der Waals surface area (Å²) in [6, 6.07) is 14.0. The van der Waals surface area contributed by atoms with E-state index in [0.717, 1.165) is 5.56 Å². The van der Waals surface area contributed by atoms with Gasteiger partial charge in [-0.15, -0.1) is 0 Å². The van der Waals surface area contributed by atoms with Crippen molar-refractivity contribution in [2.75, 3.05) is 14.2 Å². The third kappa shape index (κ3) is 3.97. The molecule has 0 aliphatic carbocycles. The minimum absolute atomic E-state index is 0.227. The largest absolute Gasteiger partial charge is 0.497 e. The van der Waals surface area contributed by atoms with Gasteiger partial charge in [0.2, 0.25) is 0 Å². The van der Waals surface area contributed by atoms with Crippen LogP contribution >= 0.6 is 11.6 Å². The number of nitrogens with zero attached hydrogens (tertiary/aromatic N) is 1. The summed E-state index contributed by atoms with van der Waals surface area (Å²) >= 11 is 5.88. The first-order valence-electron chi connectivity index (χ1n) is 7.82. The molecular weight excluding hydrogens is 356 g/mol. The van der Waals surface area contributed by atoms with Crippen LogP contribution in [-0.4, -0.2) is 25.3 Å². The van der Waals surface area contributed by atoms with E-state index in [0.29, 0.717) is 33.5 Å². The number of carbonyl (C=O) groups excluding carboxylic acids is 1. The minimum Gasteiger partial charge on any atom is -0.497 e. The number of amides is 1. The Labute approximate surface area is 155 Å². The fourth-order valence-corrected chi connectivity index (χ4v) is 2.52. The van der Waals surface area contributed by atoms with Crippen molar-refractivity contribution in [1.82, 2.24) is 10.5 Å². The van der Waals surface area contributed by atoms with Gasteiger partial charge in [-0.3, -0.25) is 4.79 Å². The van der Waals surface area contributed by atoms with E-state index in [1.165, 1.54) is 7.11 Å². The standard InChI is InChI=1S/C19H17ClN2O4/c1-24-15-7-8-16(18(10-15)25-2)19(23)21-11-14-9-17(26-22-14)12-3-5-13(20)6-4-12/h3-10H,11H2,1-2H3,(H,21,23). The van der Waals surface area contributed by atoms with Gasteiger partial charge in [0.25, 0.3) is 5.91 Å². The maximum absolute atomic E-state index is 12.4. The molecule has 1 amide bonds. The first kappa shape index (κ1) is 17.8. The summed E-state index contributed by atoms with van der Waals surface area (Å²) < 4.78 is 15.7. The van der Waals surface area contributed by atoms with Crippen LogP contribution in [0.3, 0.4) is 0 Å². The van der Waals surface area contributed by atoms with Crippen LogP contribution in [0.5, 0.6) is 11.5 Å². The van der Waals surface area contributed by atoms with E-state index in [-0.39, 0.29) is 12.5 Å². The van der Waals surface area contributed by atoms with Crippen molar-refractivity contribution in [1.29, 1.82) is 0 Å². The third-order valence-corrected chi connectivity index (χ3v) is 4.02. The Morgan fingerprint density at radius 3 is 2.58 bits per heavy atom. The van der Waals surface area contributed by atoms with E-state index >= 15 is 0 Å². The van der Waals surface area contributed by atoms with Gasteiger partial charge in [0.15, 0.2) is 5.76 Å². The van der Waals surface area contributed by atoms with Crippen molar-refractivity contribution < 1.29 is 18.8 Å². The van der Waals surface area contributed by atoms with Crippen molar-refractivity contribution in [2.24, 2.45) is 0 Å². The SMILES string of the molecule is COc1ccc(C(=O)NCc2cc(-c3ccc(Cl)cc3)on2)c(OC)c1. The van der Waals surface area contributed by atoms with Crippen LogP contribution in [0, 0.1) is 0 Å². The van der Waals surface area contributed by atoms with Gasteiger partial charge in [-0.25, -0.2) is 0 Å².